The Morgan fingerprint density at radius 3 is 2.64 bits per heavy atom. The Kier molecular flexibility index (Phi) is 5.74. The highest BCUT2D eigenvalue weighted by Gasteiger charge is 2.24. The number of hydrogen-bond donors (Lipinski definition) is 1. The van der Waals surface area contributed by atoms with Crippen LogP contribution >= 0.6 is 12.4 Å². The molecule has 1 amide bonds. The Bertz CT molecular complexity index is 1040. The topological polar surface area (TPSA) is 58.1 Å². The summed E-state index contributed by atoms with van der Waals surface area (Å²) >= 11 is 0. The average Bonchev–Trinajstić information content (AvgIpc) is 3.19. The van der Waals surface area contributed by atoms with Gasteiger partial charge < -0.3 is 10.2 Å². The summed E-state index contributed by atoms with van der Waals surface area (Å²) in [6.45, 7) is 3.19. The summed E-state index contributed by atoms with van der Waals surface area (Å²) in [4.78, 5) is 23.4. The molecular formula is C20H19ClF2N4O. The zero-order valence-corrected chi connectivity index (χ0v) is 16.0. The van der Waals surface area contributed by atoms with Crippen molar-refractivity contribution in [3.8, 4) is 0 Å². The number of rotatable bonds is 3. The molecule has 1 aromatic carbocycles. The molecule has 1 saturated heterocycles. The molecule has 8 heteroatoms. The first kappa shape index (κ1) is 19.9. The smallest absolute Gasteiger partial charge is 0.257 e. The van der Waals surface area contributed by atoms with E-state index in [2.05, 4.69) is 15.3 Å². The summed E-state index contributed by atoms with van der Waals surface area (Å²) in [5.74, 6) is -1.36. The lowest BCUT2D eigenvalue weighted by molar-refractivity contribution is 0.0793. The predicted molar refractivity (Wildman–Crippen MR) is 106 cm³/mol. The van der Waals surface area contributed by atoms with E-state index in [1.165, 1.54) is 6.20 Å². The molecule has 28 heavy (non-hydrogen) atoms. The number of amides is 1. The van der Waals surface area contributed by atoms with Crippen molar-refractivity contribution < 1.29 is 13.6 Å². The second-order valence-corrected chi connectivity index (χ2v) is 6.62. The van der Waals surface area contributed by atoms with Crippen LogP contribution in [0.3, 0.4) is 0 Å². The highest BCUT2D eigenvalue weighted by molar-refractivity contribution is 6.07. The highest BCUT2D eigenvalue weighted by atomic mass is 35.5. The van der Waals surface area contributed by atoms with Gasteiger partial charge in [0.15, 0.2) is 5.65 Å². The number of benzene rings is 1. The second kappa shape index (κ2) is 8.06. The van der Waals surface area contributed by atoms with Gasteiger partial charge in [0.2, 0.25) is 0 Å². The van der Waals surface area contributed by atoms with Crippen molar-refractivity contribution in [1.82, 2.24) is 14.9 Å². The predicted octanol–water partition coefficient (Wildman–Crippen LogP) is 4.62. The van der Waals surface area contributed by atoms with Crippen LogP contribution < -0.4 is 5.32 Å². The van der Waals surface area contributed by atoms with Gasteiger partial charge in [-0.1, -0.05) is 0 Å². The Hall–Kier alpha value is -2.80. The molecule has 0 aliphatic carbocycles. The van der Waals surface area contributed by atoms with Crippen LogP contribution in [0.5, 0.6) is 0 Å². The number of halogens is 3. The number of carbonyl (C=O) groups is 1. The molecule has 0 unspecified atom stereocenters. The van der Waals surface area contributed by atoms with Crippen LogP contribution in [0.2, 0.25) is 0 Å². The zero-order valence-electron chi connectivity index (χ0n) is 15.2. The van der Waals surface area contributed by atoms with Crippen molar-refractivity contribution in [3.63, 3.8) is 0 Å². The maximum absolute atomic E-state index is 14.2. The molecule has 0 bridgehead atoms. The number of hydrogen-bond acceptors (Lipinski definition) is 4. The minimum absolute atomic E-state index is 0. The molecule has 0 radical (unpaired) electrons. The molecule has 3 heterocycles. The van der Waals surface area contributed by atoms with Gasteiger partial charge in [0.1, 0.15) is 11.6 Å². The first-order valence-corrected chi connectivity index (χ1v) is 8.80. The van der Waals surface area contributed by atoms with Gasteiger partial charge in [-0.05, 0) is 44.0 Å². The molecular weight excluding hydrogens is 386 g/mol. The van der Waals surface area contributed by atoms with E-state index in [4.69, 9.17) is 0 Å². The van der Waals surface area contributed by atoms with E-state index in [-0.39, 0.29) is 24.0 Å². The van der Waals surface area contributed by atoms with Gasteiger partial charge in [-0.3, -0.25) is 4.79 Å². The molecule has 1 fully saturated rings. The molecule has 1 aliphatic rings. The minimum atomic E-state index is -0.610. The van der Waals surface area contributed by atoms with Crippen molar-refractivity contribution in [2.24, 2.45) is 0 Å². The van der Waals surface area contributed by atoms with Crippen LogP contribution in [-0.4, -0.2) is 33.9 Å². The Morgan fingerprint density at radius 1 is 1.14 bits per heavy atom. The van der Waals surface area contributed by atoms with Crippen molar-refractivity contribution in [2.75, 3.05) is 18.4 Å². The van der Waals surface area contributed by atoms with Crippen LogP contribution in [0.15, 0.2) is 36.5 Å². The molecule has 1 aliphatic heterocycles. The van der Waals surface area contributed by atoms with Crippen molar-refractivity contribution >= 4 is 40.7 Å². The quantitative estimate of drug-likeness (QED) is 0.692. The standard InChI is InChI=1S/C20H18F2N4O.ClH/c1-12-4-6-14-18(25-17-10-13(21)5-7-16(17)22)15(11-23-19(14)24-12)20(27)26-8-2-3-9-26;/h4-7,10-11H,2-3,8-9H2,1H3,(H,23,24,25);1H. The third-order valence-corrected chi connectivity index (χ3v) is 4.68. The van der Waals surface area contributed by atoms with E-state index in [0.29, 0.717) is 35.4 Å². The van der Waals surface area contributed by atoms with E-state index in [1.54, 1.807) is 17.0 Å². The van der Waals surface area contributed by atoms with E-state index < -0.39 is 11.6 Å². The fourth-order valence-electron chi connectivity index (χ4n) is 3.29. The fraction of sp³-hybridized carbons (Fsp3) is 0.250. The summed E-state index contributed by atoms with van der Waals surface area (Å²) in [7, 11) is 0. The van der Waals surface area contributed by atoms with Crippen molar-refractivity contribution in [1.29, 1.82) is 0 Å². The van der Waals surface area contributed by atoms with Gasteiger partial charge in [-0.25, -0.2) is 18.7 Å². The SMILES string of the molecule is Cc1ccc2c(Nc3cc(F)ccc3F)c(C(=O)N3CCCC3)cnc2n1.Cl. The normalized spacial score (nSPS) is 13.5. The molecule has 5 nitrogen and oxygen atoms in total. The number of aryl methyl sites for hydroxylation is 1. The molecule has 146 valence electrons. The van der Waals surface area contributed by atoms with Crippen molar-refractivity contribution in [3.05, 3.63) is 59.4 Å². The number of nitrogens with one attached hydrogen (secondary N) is 1. The number of aromatic nitrogens is 2. The van der Waals surface area contributed by atoms with Crippen LogP contribution in [0.4, 0.5) is 20.2 Å². The number of likely N-dealkylation sites (tertiary alicyclic amines) is 1. The molecule has 4 rings (SSSR count). The fourth-order valence-corrected chi connectivity index (χ4v) is 3.29. The highest BCUT2D eigenvalue weighted by Crippen LogP contribution is 2.31. The van der Waals surface area contributed by atoms with Gasteiger partial charge in [0, 0.05) is 36.4 Å². The third-order valence-electron chi connectivity index (χ3n) is 4.68. The largest absolute Gasteiger partial charge is 0.352 e. The first-order chi connectivity index (χ1) is 13.0. The van der Waals surface area contributed by atoms with E-state index in [9.17, 15) is 13.6 Å². The molecule has 1 N–H and O–H groups in total. The van der Waals surface area contributed by atoms with E-state index >= 15 is 0 Å². The average molecular weight is 405 g/mol. The van der Waals surface area contributed by atoms with Crippen LogP contribution in [0, 0.1) is 18.6 Å². The summed E-state index contributed by atoms with van der Waals surface area (Å²) in [6.07, 6.45) is 3.36. The molecule has 0 saturated carbocycles. The maximum Gasteiger partial charge on any atom is 0.257 e. The molecule has 2 aromatic heterocycles. The van der Waals surface area contributed by atoms with Gasteiger partial charge >= 0.3 is 0 Å². The third kappa shape index (κ3) is 3.75. The maximum atomic E-state index is 14.2. The van der Waals surface area contributed by atoms with Crippen LogP contribution in [0.25, 0.3) is 11.0 Å². The Labute approximate surface area is 167 Å². The number of pyridine rings is 2. The Balaban J connectivity index is 0.00000225. The van der Waals surface area contributed by atoms with Gasteiger partial charge in [-0.15, -0.1) is 12.4 Å². The summed E-state index contributed by atoms with van der Waals surface area (Å²) in [6, 6.07) is 6.73. The van der Waals surface area contributed by atoms with E-state index in [1.807, 2.05) is 6.92 Å². The first-order valence-electron chi connectivity index (χ1n) is 8.80. The summed E-state index contributed by atoms with van der Waals surface area (Å²) in [5, 5.41) is 3.48. The number of fused-ring (bicyclic) bond motifs is 1. The van der Waals surface area contributed by atoms with Gasteiger partial charge in [0.05, 0.1) is 16.9 Å². The van der Waals surface area contributed by atoms with Crippen LogP contribution in [-0.2, 0) is 0 Å². The lowest BCUT2D eigenvalue weighted by atomic mass is 10.1. The number of nitrogens with zero attached hydrogens (tertiary/aromatic N) is 3. The van der Waals surface area contributed by atoms with Crippen molar-refractivity contribution in [2.45, 2.75) is 19.8 Å². The molecule has 0 spiro atoms. The lowest BCUT2D eigenvalue weighted by Crippen LogP contribution is -2.28. The Morgan fingerprint density at radius 2 is 1.89 bits per heavy atom. The molecule has 3 aromatic rings. The second-order valence-electron chi connectivity index (χ2n) is 6.62. The van der Waals surface area contributed by atoms with Gasteiger partial charge in [-0.2, -0.15) is 0 Å². The number of anilines is 2. The summed E-state index contributed by atoms with van der Waals surface area (Å²) in [5.41, 5.74) is 1.87. The van der Waals surface area contributed by atoms with E-state index in [0.717, 1.165) is 36.7 Å². The zero-order chi connectivity index (χ0) is 19.0. The van der Waals surface area contributed by atoms with Crippen LogP contribution in [0.1, 0.15) is 28.9 Å². The molecule has 0 atom stereocenters. The minimum Gasteiger partial charge on any atom is -0.352 e. The lowest BCUT2D eigenvalue weighted by Gasteiger charge is -2.19. The monoisotopic (exact) mass is 404 g/mol. The number of carbonyl (C=O) groups excluding carboxylic acids is 1. The van der Waals surface area contributed by atoms with Gasteiger partial charge in [0.25, 0.3) is 5.91 Å². The summed E-state index contributed by atoms with van der Waals surface area (Å²) < 4.78 is 27.8.